The van der Waals surface area contributed by atoms with Gasteiger partial charge in [-0.15, -0.1) is 0 Å². The van der Waals surface area contributed by atoms with Gasteiger partial charge in [-0.05, 0) is 62.2 Å². The van der Waals surface area contributed by atoms with Crippen molar-refractivity contribution in [3.63, 3.8) is 0 Å². The van der Waals surface area contributed by atoms with Crippen molar-refractivity contribution in [2.45, 2.75) is 26.3 Å². The Hall–Kier alpha value is -3.36. The fraction of sp³-hybridized carbons (Fsp3) is 0.429. The molecule has 1 N–H and O–H groups in total. The van der Waals surface area contributed by atoms with Gasteiger partial charge in [0.2, 0.25) is 0 Å². The number of benzene rings is 2. The number of amides is 1. The smallest absolute Gasteiger partial charge is 0.295 e. The number of Topliss-reactive ketones (excluding diaryl/α,β-unsaturated/α-hetero) is 1. The Morgan fingerprint density at radius 1 is 0.917 bits per heavy atom. The van der Waals surface area contributed by atoms with E-state index in [4.69, 9.17) is 14.2 Å². The van der Waals surface area contributed by atoms with Gasteiger partial charge in [0.1, 0.15) is 17.3 Å². The minimum Gasteiger partial charge on any atom is -0.507 e. The molecule has 0 spiro atoms. The lowest BCUT2D eigenvalue weighted by atomic mass is 9.95. The first-order valence-corrected chi connectivity index (χ1v) is 12.6. The Morgan fingerprint density at radius 2 is 1.50 bits per heavy atom. The quantitative estimate of drug-likeness (QED) is 0.307. The van der Waals surface area contributed by atoms with E-state index in [0.29, 0.717) is 56.5 Å². The molecule has 0 saturated carbocycles. The summed E-state index contributed by atoms with van der Waals surface area (Å²) in [4.78, 5) is 30.3. The second-order valence-electron chi connectivity index (χ2n) is 8.76. The molecule has 2 heterocycles. The van der Waals surface area contributed by atoms with Crippen LogP contribution in [0.5, 0.6) is 11.5 Å². The van der Waals surface area contributed by atoms with E-state index in [1.54, 1.807) is 29.2 Å². The maximum absolute atomic E-state index is 13.2. The number of morpholine rings is 1. The molecule has 2 aromatic carbocycles. The molecule has 0 aliphatic carbocycles. The van der Waals surface area contributed by atoms with Gasteiger partial charge in [0, 0.05) is 31.7 Å². The average molecular weight is 495 g/mol. The van der Waals surface area contributed by atoms with E-state index in [1.807, 2.05) is 38.1 Å². The number of carbonyl (C=O) groups is 2. The number of ketones is 1. The minimum absolute atomic E-state index is 0.0969. The van der Waals surface area contributed by atoms with Crippen LogP contribution in [0.4, 0.5) is 0 Å². The van der Waals surface area contributed by atoms with Crippen molar-refractivity contribution in [2.75, 3.05) is 52.6 Å². The summed E-state index contributed by atoms with van der Waals surface area (Å²) in [5, 5.41) is 11.2. The maximum atomic E-state index is 13.2. The van der Waals surface area contributed by atoms with Gasteiger partial charge in [-0.25, -0.2) is 0 Å². The molecule has 0 bridgehead atoms. The lowest BCUT2D eigenvalue weighted by molar-refractivity contribution is -0.140. The maximum Gasteiger partial charge on any atom is 0.295 e. The second-order valence-corrected chi connectivity index (χ2v) is 8.76. The van der Waals surface area contributed by atoms with E-state index in [1.165, 1.54) is 0 Å². The predicted octanol–water partition coefficient (Wildman–Crippen LogP) is 3.63. The van der Waals surface area contributed by atoms with E-state index in [2.05, 4.69) is 4.90 Å². The van der Waals surface area contributed by atoms with Crippen LogP contribution in [0, 0.1) is 0 Å². The van der Waals surface area contributed by atoms with Gasteiger partial charge in [-0.3, -0.25) is 14.5 Å². The number of nitrogens with zero attached hydrogens (tertiary/aromatic N) is 2. The molecular weight excluding hydrogens is 460 g/mol. The second kappa shape index (κ2) is 12.1. The van der Waals surface area contributed by atoms with Crippen LogP contribution in [0.25, 0.3) is 5.76 Å². The fourth-order valence-electron chi connectivity index (χ4n) is 4.69. The lowest BCUT2D eigenvalue weighted by Crippen LogP contribution is -2.38. The van der Waals surface area contributed by atoms with Gasteiger partial charge in [0.25, 0.3) is 11.7 Å². The molecule has 0 radical (unpaired) electrons. The van der Waals surface area contributed by atoms with Gasteiger partial charge < -0.3 is 24.2 Å². The number of likely N-dealkylation sites (tertiary alicyclic amines) is 1. The normalized spacial score (nSPS) is 20.1. The first-order valence-electron chi connectivity index (χ1n) is 12.6. The molecule has 1 atom stereocenters. The molecule has 0 unspecified atom stereocenters. The van der Waals surface area contributed by atoms with Crippen LogP contribution in [-0.2, 0) is 14.3 Å². The predicted molar refractivity (Wildman–Crippen MR) is 136 cm³/mol. The number of hydrogen-bond acceptors (Lipinski definition) is 7. The van der Waals surface area contributed by atoms with Crippen LogP contribution in [0.3, 0.4) is 0 Å². The first kappa shape index (κ1) is 25.7. The highest BCUT2D eigenvalue weighted by Gasteiger charge is 2.45. The zero-order valence-corrected chi connectivity index (χ0v) is 20.9. The van der Waals surface area contributed by atoms with E-state index in [-0.39, 0.29) is 11.3 Å². The molecule has 36 heavy (non-hydrogen) atoms. The van der Waals surface area contributed by atoms with Gasteiger partial charge in [-0.2, -0.15) is 0 Å². The molecule has 8 heteroatoms. The van der Waals surface area contributed by atoms with Crippen molar-refractivity contribution < 1.29 is 28.9 Å². The summed E-state index contributed by atoms with van der Waals surface area (Å²) < 4.78 is 16.5. The highest BCUT2D eigenvalue weighted by atomic mass is 16.5. The highest BCUT2D eigenvalue weighted by Crippen LogP contribution is 2.40. The first-order chi connectivity index (χ1) is 17.5. The summed E-state index contributed by atoms with van der Waals surface area (Å²) in [7, 11) is 0. The number of carbonyl (C=O) groups excluding carboxylic acids is 2. The van der Waals surface area contributed by atoms with Crippen molar-refractivity contribution in [1.29, 1.82) is 0 Å². The lowest BCUT2D eigenvalue weighted by Gasteiger charge is -2.29. The van der Waals surface area contributed by atoms with Crippen molar-refractivity contribution in [2.24, 2.45) is 0 Å². The van der Waals surface area contributed by atoms with Crippen molar-refractivity contribution in [3.05, 3.63) is 65.2 Å². The number of aliphatic hydroxyl groups is 1. The van der Waals surface area contributed by atoms with Crippen LogP contribution >= 0.6 is 0 Å². The molecule has 1 amide bonds. The monoisotopic (exact) mass is 494 g/mol. The Bertz CT molecular complexity index is 1070. The summed E-state index contributed by atoms with van der Waals surface area (Å²) in [6, 6.07) is 13.5. The molecule has 4 rings (SSSR count). The van der Waals surface area contributed by atoms with Gasteiger partial charge in [0.05, 0.1) is 38.0 Å². The standard InChI is InChI=1S/C28H34N2O6/c1-3-35-22-10-6-20(7-11-22)25-24(26(31)21-8-12-23(13-9-21)36-4-2)27(32)28(33)30(25)15-5-14-29-16-18-34-19-17-29/h6-13,25,31H,3-5,14-19H2,1-2H3/t25-/m0/s1. The van der Waals surface area contributed by atoms with E-state index in [0.717, 1.165) is 25.2 Å². The third-order valence-electron chi connectivity index (χ3n) is 6.46. The van der Waals surface area contributed by atoms with E-state index < -0.39 is 17.7 Å². The van der Waals surface area contributed by atoms with Gasteiger partial charge in [0.15, 0.2) is 0 Å². The van der Waals surface area contributed by atoms with Crippen LogP contribution in [0.1, 0.15) is 37.4 Å². The summed E-state index contributed by atoms with van der Waals surface area (Å²) in [6.45, 7) is 9.21. The highest BCUT2D eigenvalue weighted by molar-refractivity contribution is 6.46. The molecule has 0 aromatic heterocycles. The minimum atomic E-state index is -0.683. The van der Waals surface area contributed by atoms with E-state index >= 15 is 0 Å². The zero-order valence-electron chi connectivity index (χ0n) is 20.9. The summed E-state index contributed by atoms with van der Waals surface area (Å²) in [6.07, 6.45) is 0.712. The number of ether oxygens (including phenoxy) is 3. The van der Waals surface area contributed by atoms with Crippen LogP contribution in [0.15, 0.2) is 54.1 Å². The molecule has 192 valence electrons. The summed E-state index contributed by atoms with van der Waals surface area (Å²) >= 11 is 0. The molecule has 2 aliphatic heterocycles. The molecule has 2 aromatic rings. The molecule has 2 saturated heterocycles. The SMILES string of the molecule is CCOc1ccc(C(O)=C2C(=O)C(=O)N(CCCN3CCOCC3)[C@H]2c2ccc(OCC)cc2)cc1. The van der Waals surface area contributed by atoms with Crippen LogP contribution in [-0.4, -0.2) is 79.2 Å². The number of hydrogen-bond donors (Lipinski definition) is 1. The molecule has 2 fully saturated rings. The Labute approximate surface area is 212 Å². The van der Waals surface area contributed by atoms with Gasteiger partial charge in [-0.1, -0.05) is 12.1 Å². The Kier molecular flexibility index (Phi) is 8.61. The van der Waals surface area contributed by atoms with E-state index in [9.17, 15) is 14.7 Å². The molecular formula is C28H34N2O6. The molecule has 8 nitrogen and oxygen atoms in total. The van der Waals surface area contributed by atoms with Crippen LogP contribution < -0.4 is 9.47 Å². The Morgan fingerprint density at radius 3 is 2.08 bits per heavy atom. The largest absolute Gasteiger partial charge is 0.507 e. The zero-order chi connectivity index (χ0) is 25.5. The third-order valence-corrected chi connectivity index (χ3v) is 6.46. The summed E-state index contributed by atoms with van der Waals surface area (Å²) in [5.74, 6) is -0.0846. The van der Waals surface area contributed by atoms with Crippen molar-refractivity contribution in [1.82, 2.24) is 9.80 Å². The van der Waals surface area contributed by atoms with Crippen molar-refractivity contribution >= 4 is 17.4 Å². The Balaban J connectivity index is 1.65. The third kappa shape index (κ3) is 5.71. The number of aliphatic hydroxyl groups excluding tert-OH is 1. The molecule has 2 aliphatic rings. The summed E-state index contributed by atoms with van der Waals surface area (Å²) in [5.41, 5.74) is 1.30. The van der Waals surface area contributed by atoms with Crippen LogP contribution in [0.2, 0.25) is 0 Å². The topological polar surface area (TPSA) is 88.5 Å². The average Bonchev–Trinajstić information content (AvgIpc) is 3.15. The van der Waals surface area contributed by atoms with Crippen molar-refractivity contribution in [3.8, 4) is 11.5 Å². The fourth-order valence-corrected chi connectivity index (χ4v) is 4.69. The van der Waals surface area contributed by atoms with Gasteiger partial charge >= 0.3 is 0 Å². The number of rotatable bonds is 10.